The molecule has 1 aliphatic heterocycles. The monoisotopic (exact) mass is 256 g/mol. The van der Waals surface area contributed by atoms with Crippen LogP contribution in [0.1, 0.15) is 12.0 Å². The molecule has 1 saturated heterocycles. The highest BCUT2D eigenvalue weighted by Gasteiger charge is 2.28. The fourth-order valence-corrected chi connectivity index (χ4v) is 2.12. The number of rotatable bonds is 3. The number of nitrogens with one attached hydrogen (secondary N) is 1. The molecule has 1 amide bonds. The van der Waals surface area contributed by atoms with E-state index in [9.17, 15) is 9.18 Å². The summed E-state index contributed by atoms with van der Waals surface area (Å²) in [7, 11) is 1.77. The van der Waals surface area contributed by atoms with Gasteiger partial charge in [0.05, 0.1) is 6.04 Å². The number of carbonyl (C=O) groups is 1. The van der Waals surface area contributed by atoms with Gasteiger partial charge in [0.1, 0.15) is 5.82 Å². The molecule has 0 radical (unpaired) electrons. The van der Waals surface area contributed by atoms with Crippen LogP contribution in [-0.2, 0) is 11.3 Å². The van der Waals surface area contributed by atoms with E-state index in [4.69, 9.17) is 11.6 Å². The van der Waals surface area contributed by atoms with Crippen molar-refractivity contribution in [1.82, 2.24) is 10.2 Å². The molecule has 1 aromatic rings. The lowest BCUT2D eigenvalue weighted by molar-refractivity contribution is -0.128. The Hall–Kier alpha value is -1.13. The van der Waals surface area contributed by atoms with E-state index < -0.39 is 0 Å². The fourth-order valence-electron chi connectivity index (χ4n) is 1.92. The lowest BCUT2D eigenvalue weighted by Gasteiger charge is -2.12. The largest absolute Gasteiger partial charge is 0.344 e. The second kappa shape index (κ2) is 5.02. The maximum absolute atomic E-state index is 13.4. The molecule has 1 N–H and O–H groups in total. The standard InChI is InChI=1S/C12H14ClFN2O/c1-16-5-4-11(12(16)17)15-7-8-6-9(13)2-3-10(8)14/h2-3,6,11,15H,4-5,7H2,1H3. The zero-order valence-electron chi connectivity index (χ0n) is 9.54. The van der Waals surface area contributed by atoms with Crippen LogP contribution in [0.25, 0.3) is 0 Å². The van der Waals surface area contributed by atoms with Crippen LogP contribution in [0.2, 0.25) is 5.02 Å². The number of nitrogens with zero attached hydrogens (tertiary/aromatic N) is 1. The molecule has 5 heteroatoms. The summed E-state index contributed by atoms with van der Waals surface area (Å²) in [5.74, 6) is -0.242. The van der Waals surface area contributed by atoms with Gasteiger partial charge in [-0.15, -0.1) is 0 Å². The lowest BCUT2D eigenvalue weighted by Crippen LogP contribution is -2.36. The number of halogens is 2. The van der Waals surface area contributed by atoms with Gasteiger partial charge < -0.3 is 10.2 Å². The van der Waals surface area contributed by atoms with E-state index in [1.165, 1.54) is 12.1 Å². The predicted octanol–water partition coefficient (Wildman–Crippen LogP) is 1.80. The molecular formula is C12H14ClFN2O. The third-order valence-corrected chi connectivity index (χ3v) is 3.21. The van der Waals surface area contributed by atoms with Crippen LogP contribution in [0.3, 0.4) is 0 Å². The van der Waals surface area contributed by atoms with E-state index in [1.807, 2.05) is 0 Å². The summed E-state index contributed by atoms with van der Waals surface area (Å²) in [6, 6.07) is 4.21. The Morgan fingerprint density at radius 1 is 1.59 bits per heavy atom. The van der Waals surface area contributed by atoms with Crippen LogP contribution in [-0.4, -0.2) is 30.4 Å². The quantitative estimate of drug-likeness (QED) is 0.895. The molecule has 0 spiro atoms. The number of likely N-dealkylation sites (tertiary alicyclic amines) is 1. The highest BCUT2D eigenvalue weighted by Crippen LogP contribution is 2.16. The molecule has 0 bridgehead atoms. The van der Waals surface area contributed by atoms with Crippen molar-refractivity contribution in [3.8, 4) is 0 Å². The number of carbonyl (C=O) groups excluding carboxylic acids is 1. The zero-order chi connectivity index (χ0) is 12.4. The Kier molecular flexibility index (Phi) is 3.64. The number of likely N-dealkylation sites (N-methyl/N-ethyl adjacent to an activating group) is 1. The van der Waals surface area contributed by atoms with Crippen molar-refractivity contribution < 1.29 is 9.18 Å². The molecule has 1 unspecified atom stereocenters. The first-order valence-corrected chi connectivity index (χ1v) is 5.88. The van der Waals surface area contributed by atoms with Gasteiger partial charge >= 0.3 is 0 Å². The highest BCUT2D eigenvalue weighted by molar-refractivity contribution is 6.30. The van der Waals surface area contributed by atoms with Crippen LogP contribution in [0.15, 0.2) is 18.2 Å². The van der Waals surface area contributed by atoms with Gasteiger partial charge in [0.25, 0.3) is 0 Å². The van der Waals surface area contributed by atoms with Gasteiger partial charge in [-0.1, -0.05) is 11.6 Å². The van der Waals surface area contributed by atoms with Crippen molar-refractivity contribution in [3.63, 3.8) is 0 Å². The topological polar surface area (TPSA) is 32.3 Å². The first-order valence-electron chi connectivity index (χ1n) is 5.50. The molecule has 1 atom stereocenters. The number of benzene rings is 1. The van der Waals surface area contributed by atoms with Gasteiger partial charge in [-0.05, 0) is 24.6 Å². The first-order chi connectivity index (χ1) is 8.08. The van der Waals surface area contributed by atoms with Gasteiger partial charge in [-0.2, -0.15) is 0 Å². The first kappa shape index (κ1) is 12.3. The van der Waals surface area contributed by atoms with Crippen LogP contribution in [0.5, 0.6) is 0 Å². The molecule has 1 aromatic carbocycles. The van der Waals surface area contributed by atoms with Gasteiger partial charge in [0.15, 0.2) is 0 Å². The average molecular weight is 257 g/mol. The Morgan fingerprint density at radius 3 is 3.00 bits per heavy atom. The van der Waals surface area contributed by atoms with Crippen molar-refractivity contribution >= 4 is 17.5 Å². The molecule has 1 heterocycles. The van der Waals surface area contributed by atoms with E-state index in [-0.39, 0.29) is 17.8 Å². The second-order valence-electron chi connectivity index (χ2n) is 4.22. The molecule has 1 aliphatic rings. The van der Waals surface area contributed by atoms with Crippen LogP contribution >= 0.6 is 11.6 Å². The Balaban J connectivity index is 1.98. The van der Waals surface area contributed by atoms with Crippen LogP contribution in [0.4, 0.5) is 4.39 Å². The minimum absolute atomic E-state index is 0.0624. The fraction of sp³-hybridized carbons (Fsp3) is 0.417. The second-order valence-corrected chi connectivity index (χ2v) is 4.65. The molecular weight excluding hydrogens is 243 g/mol. The smallest absolute Gasteiger partial charge is 0.239 e. The average Bonchev–Trinajstić information content (AvgIpc) is 2.62. The van der Waals surface area contributed by atoms with Gasteiger partial charge in [0, 0.05) is 30.7 Å². The minimum Gasteiger partial charge on any atom is -0.344 e. The summed E-state index contributed by atoms with van der Waals surface area (Å²) < 4.78 is 13.4. The van der Waals surface area contributed by atoms with Crippen molar-refractivity contribution in [2.75, 3.05) is 13.6 Å². The third-order valence-electron chi connectivity index (χ3n) is 2.97. The Labute approximate surface area is 105 Å². The molecule has 1 fully saturated rings. The number of hydrogen-bond donors (Lipinski definition) is 1. The summed E-state index contributed by atoms with van der Waals surface area (Å²) in [6.45, 7) is 1.06. The van der Waals surface area contributed by atoms with Gasteiger partial charge in [0.2, 0.25) is 5.91 Å². The highest BCUT2D eigenvalue weighted by atomic mass is 35.5. The normalized spacial score (nSPS) is 20.1. The van der Waals surface area contributed by atoms with E-state index in [2.05, 4.69) is 5.32 Å². The van der Waals surface area contributed by atoms with E-state index in [1.54, 1.807) is 18.0 Å². The molecule has 0 saturated carbocycles. The molecule has 0 aliphatic carbocycles. The summed E-state index contributed by atoms with van der Waals surface area (Å²) in [5.41, 5.74) is 0.486. The molecule has 0 aromatic heterocycles. The summed E-state index contributed by atoms with van der Waals surface area (Å²) in [4.78, 5) is 13.3. The van der Waals surface area contributed by atoms with Crippen molar-refractivity contribution in [2.24, 2.45) is 0 Å². The minimum atomic E-state index is -0.305. The van der Waals surface area contributed by atoms with Crippen molar-refractivity contribution in [1.29, 1.82) is 0 Å². The number of amides is 1. The maximum Gasteiger partial charge on any atom is 0.239 e. The molecule has 2 rings (SSSR count). The Morgan fingerprint density at radius 2 is 2.35 bits per heavy atom. The SMILES string of the molecule is CN1CCC(NCc2cc(Cl)ccc2F)C1=O. The van der Waals surface area contributed by atoms with E-state index in [0.29, 0.717) is 17.1 Å². The summed E-state index contributed by atoms with van der Waals surface area (Å²) >= 11 is 5.79. The van der Waals surface area contributed by atoms with Gasteiger partial charge in [-0.3, -0.25) is 4.79 Å². The Bertz CT molecular complexity index is 439. The molecule has 17 heavy (non-hydrogen) atoms. The van der Waals surface area contributed by atoms with Crippen LogP contribution in [0, 0.1) is 5.82 Å². The van der Waals surface area contributed by atoms with Crippen LogP contribution < -0.4 is 5.32 Å². The van der Waals surface area contributed by atoms with Gasteiger partial charge in [-0.25, -0.2) is 4.39 Å². The van der Waals surface area contributed by atoms with E-state index in [0.717, 1.165) is 13.0 Å². The van der Waals surface area contributed by atoms with E-state index >= 15 is 0 Å². The predicted molar refractivity (Wildman–Crippen MR) is 64.3 cm³/mol. The lowest BCUT2D eigenvalue weighted by atomic mass is 10.2. The summed E-state index contributed by atoms with van der Waals surface area (Å²) in [5, 5.41) is 3.55. The maximum atomic E-state index is 13.4. The van der Waals surface area contributed by atoms with Crippen molar-refractivity contribution in [2.45, 2.75) is 19.0 Å². The molecule has 3 nitrogen and oxygen atoms in total. The zero-order valence-corrected chi connectivity index (χ0v) is 10.3. The third kappa shape index (κ3) is 2.76. The summed E-state index contributed by atoms with van der Waals surface area (Å²) in [6.07, 6.45) is 0.761. The number of hydrogen-bond acceptors (Lipinski definition) is 2. The van der Waals surface area contributed by atoms with Crippen molar-refractivity contribution in [3.05, 3.63) is 34.6 Å². The molecule has 92 valence electrons.